The number of ketones is 1. The molecule has 0 radical (unpaired) electrons. The van der Waals surface area contributed by atoms with Crippen molar-refractivity contribution in [2.45, 2.75) is 39.5 Å². The normalized spacial score (nSPS) is 23.7. The monoisotopic (exact) mass is 421 g/mol. The molecule has 0 bridgehead atoms. The molecule has 1 aliphatic heterocycles. The number of benzene rings is 1. The molecule has 30 heavy (non-hydrogen) atoms. The second kappa shape index (κ2) is 8.15. The number of Topliss-reactive ketones (excluding diaryl/α,β-unsaturated/α-hetero) is 1. The van der Waals surface area contributed by atoms with E-state index >= 15 is 0 Å². The van der Waals surface area contributed by atoms with Crippen molar-refractivity contribution in [1.82, 2.24) is 4.98 Å². The molecule has 1 unspecified atom stereocenters. The van der Waals surface area contributed by atoms with Crippen LogP contribution in [0, 0.1) is 18.8 Å². The maximum absolute atomic E-state index is 13.4. The number of halogens is 1. The third-order valence-corrected chi connectivity index (χ3v) is 6.02. The highest BCUT2D eigenvalue weighted by molar-refractivity contribution is 6.30. The van der Waals surface area contributed by atoms with Crippen LogP contribution in [0.1, 0.15) is 43.7 Å². The number of nitrogens with one attached hydrogen (secondary N) is 1. The Morgan fingerprint density at radius 2 is 1.83 bits per heavy atom. The highest BCUT2D eigenvalue weighted by Crippen LogP contribution is 2.44. The molecule has 0 saturated carbocycles. The van der Waals surface area contributed by atoms with Gasteiger partial charge in [-0.1, -0.05) is 36.7 Å². The first-order valence-corrected chi connectivity index (χ1v) is 10.5. The first-order valence-electron chi connectivity index (χ1n) is 10.1. The number of hydrogen-bond donors (Lipinski definition) is 1. The van der Waals surface area contributed by atoms with Crippen molar-refractivity contribution in [2.24, 2.45) is 16.8 Å². The summed E-state index contributed by atoms with van der Waals surface area (Å²) >= 11 is 6.09. The van der Waals surface area contributed by atoms with E-state index in [1.807, 2.05) is 32.0 Å². The summed E-state index contributed by atoms with van der Waals surface area (Å²) in [6.45, 7) is 5.87. The van der Waals surface area contributed by atoms with Gasteiger partial charge < -0.3 is 5.32 Å². The summed E-state index contributed by atoms with van der Waals surface area (Å²) in [7, 11) is 0. The Morgan fingerprint density at radius 3 is 2.50 bits per heavy atom. The number of nitrogens with zero attached hydrogens (tertiary/aromatic N) is 2. The van der Waals surface area contributed by atoms with Crippen LogP contribution in [0.5, 0.6) is 0 Å². The summed E-state index contributed by atoms with van der Waals surface area (Å²) in [6.07, 6.45) is 2.93. The number of amides is 1. The lowest BCUT2D eigenvalue weighted by Crippen LogP contribution is -2.39. The fourth-order valence-electron chi connectivity index (χ4n) is 4.36. The van der Waals surface area contributed by atoms with E-state index in [1.54, 1.807) is 24.4 Å². The van der Waals surface area contributed by atoms with Gasteiger partial charge in [0.15, 0.2) is 5.78 Å². The molecule has 1 aromatic heterocycles. The van der Waals surface area contributed by atoms with Gasteiger partial charge in [0.05, 0.1) is 5.92 Å². The molecule has 2 aliphatic rings. The minimum Gasteiger partial charge on any atom is -0.310 e. The molecule has 1 aromatic carbocycles. The van der Waals surface area contributed by atoms with E-state index in [-0.39, 0.29) is 23.5 Å². The van der Waals surface area contributed by atoms with Gasteiger partial charge in [0.1, 0.15) is 5.82 Å². The van der Waals surface area contributed by atoms with Crippen molar-refractivity contribution in [2.75, 3.05) is 5.32 Å². The zero-order valence-corrected chi connectivity index (χ0v) is 18.0. The van der Waals surface area contributed by atoms with E-state index < -0.39 is 5.92 Å². The van der Waals surface area contributed by atoms with Gasteiger partial charge in [0, 0.05) is 40.5 Å². The van der Waals surface area contributed by atoms with Crippen molar-refractivity contribution in [3.8, 4) is 0 Å². The van der Waals surface area contributed by atoms with Crippen LogP contribution >= 0.6 is 11.6 Å². The van der Waals surface area contributed by atoms with Crippen molar-refractivity contribution < 1.29 is 9.59 Å². The Kier molecular flexibility index (Phi) is 5.56. The quantitative estimate of drug-likeness (QED) is 0.748. The summed E-state index contributed by atoms with van der Waals surface area (Å²) < 4.78 is 0. The van der Waals surface area contributed by atoms with Gasteiger partial charge in [-0.05, 0) is 55.5 Å². The van der Waals surface area contributed by atoms with Crippen LogP contribution in [0.2, 0.25) is 5.02 Å². The predicted octanol–water partition coefficient (Wildman–Crippen LogP) is 5.11. The Morgan fingerprint density at radius 1 is 1.10 bits per heavy atom. The highest BCUT2D eigenvalue weighted by atomic mass is 35.5. The molecule has 2 heterocycles. The van der Waals surface area contributed by atoms with Gasteiger partial charge in [0.25, 0.3) is 0 Å². The minimum atomic E-state index is -0.592. The van der Waals surface area contributed by atoms with Crippen molar-refractivity contribution in [1.29, 1.82) is 0 Å². The van der Waals surface area contributed by atoms with Crippen molar-refractivity contribution in [3.05, 3.63) is 70.0 Å². The predicted molar refractivity (Wildman–Crippen MR) is 119 cm³/mol. The zero-order valence-electron chi connectivity index (χ0n) is 17.3. The second-order valence-electron chi connectivity index (χ2n) is 8.27. The third-order valence-electron chi connectivity index (χ3n) is 5.77. The fourth-order valence-corrected chi connectivity index (χ4v) is 4.49. The number of anilines is 1. The molecule has 1 N–H and O–H groups in total. The molecule has 1 aliphatic carbocycles. The van der Waals surface area contributed by atoms with Crippen molar-refractivity contribution in [3.63, 3.8) is 0 Å². The molecular weight excluding hydrogens is 398 g/mol. The number of carbonyl (C=O) groups is 2. The summed E-state index contributed by atoms with van der Waals surface area (Å²) in [5.74, 6) is -0.389. The molecule has 0 spiro atoms. The lowest BCUT2D eigenvalue weighted by molar-refractivity contribution is -0.119. The van der Waals surface area contributed by atoms with E-state index in [0.29, 0.717) is 28.5 Å². The van der Waals surface area contributed by atoms with Gasteiger partial charge in [-0.2, -0.15) is 0 Å². The molecule has 0 saturated heterocycles. The number of aryl methyl sites for hydroxylation is 1. The third kappa shape index (κ3) is 3.94. The van der Waals surface area contributed by atoms with Gasteiger partial charge in [-0.25, -0.2) is 4.98 Å². The average Bonchev–Trinajstić information content (AvgIpc) is 2.69. The summed E-state index contributed by atoms with van der Waals surface area (Å²) in [6, 6.07) is 11.1. The van der Waals surface area contributed by atoms with E-state index in [2.05, 4.69) is 17.2 Å². The molecule has 0 fully saturated rings. The highest BCUT2D eigenvalue weighted by Gasteiger charge is 2.43. The van der Waals surface area contributed by atoms with Gasteiger partial charge in [-0.3, -0.25) is 14.6 Å². The molecule has 5 nitrogen and oxygen atoms in total. The smallest absolute Gasteiger partial charge is 0.235 e. The number of rotatable bonds is 3. The standard InChI is InChI=1S/C24H24ClN3O2/c1-13-4-9-20(26-12-13)28-24(30)21-15(3)27-18-10-14(2)11-19(29)23(18)22(21)16-5-7-17(25)8-6-16/h4-9,12,14,21-22H,10-11H2,1-3H3,(H,26,28,30)/t14-,21?,22-/m0/s1. The largest absolute Gasteiger partial charge is 0.310 e. The molecule has 6 heteroatoms. The lowest BCUT2D eigenvalue weighted by Gasteiger charge is -2.36. The Bertz CT molecular complexity index is 1050. The SMILES string of the molecule is CC1=NC2=C(C(=O)C[C@@H](C)C2)[C@@H](c2ccc(Cl)cc2)C1C(=O)Nc1ccc(C)cn1. The number of carbonyl (C=O) groups excluding carboxylic acids is 2. The second-order valence-corrected chi connectivity index (χ2v) is 8.70. The van der Waals surface area contributed by atoms with Crippen LogP contribution in [0.15, 0.2) is 58.9 Å². The van der Waals surface area contributed by atoms with Gasteiger partial charge >= 0.3 is 0 Å². The number of pyridine rings is 1. The maximum atomic E-state index is 13.4. The Balaban J connectivity index is 1.77. The first-order chi connectivity index (χ1) is 14.3. The molecule has 1 amide bonds. The van der Waals surface area contributed by atoms with Crippen molar-refractivity contribution >= 4 is 34.8 Å². The summed E-state index contributed by atoms with van der Waals surface area (Å²) in [5.41, 5.74) is 4.09. The van der Waals surface area contributed by atoms with Gasteiger partial charge in [-0.15, -0.1) is 0 Å². The van der Waals surface area contributed by atoms with E-state index in [9.17, 15) is 9.59 Å². The number of allylic oxidation sites excluding steroid dienone is 2. The van der Waals surface area contributed by atoms with E-state index in [4.69, 9.17) is 16.6 Å². The van der Waals surface area contributed by atoms with Crippen LogP contribution in [-0.2, 0) is 9.59 Å². The van der Waals surface area contributed by atoms with E-state index in [1.165, 1.54) is 0 Å². The van der Waals surface area contributed by atoms with Crippen LogP contribution in [0.25, 0.3) is 0 Å². The van der Waals surface area contributed by atoms with Gasteiger partial charge in [0.2, 0.25) is 5.91 Å². The maximum Gasteiger partial charge on any atom is 0.235 e. The fraction of sp³-hybridized carbons (Fsp3) is 0.333. The Labute approximate surface area is 181 Å². The summed E-state index contributed by atoms with van der Waals surface area (Å²) in [4.78, 5) is 35.4. The van der Waals surface area contributed by atoms with Crippen LogP contribution in [0.3, 0.4) is 0 Å². The van der Waals surface area contributed by atoms with Crippen LogP contribution in [0.4, 0.5) is 5.82 Å². The molecule has 4 rings (SSSR count). The lowest BCUT2D eigenvalue weighted by atomic mass is 9.70. The summed E-state index contributed by atoms with van der Waals surface area (Å²) in [5, 5.41) is 3.52. The minimum absolute atomic E-state index is 0.0752. The number of aliphatic imine (C=N–C) groups is 1. The van der Waals surface area contributed by atoms with Crippen LogP contribution in [-0.4, -0.2) is 22.4 Å². The number of hydrogen-bond acceptors (Lipinski definition) is 4. The average molecular weight is 422 g/mol. The number of aromatic nitrogens is 1. The first kappa shape index (κ1) is 20.5. The molecule has 3 atom stereocenters. The van der Waals surface area contributed by atoms with Crippen LogP contribution < -0.4 is 5.32 Å². The van der Waals surface area contributed by atoms with E-state index in [0.717, 1.165) is 23.2 Å². The molecule has 154 valence electrons. The topological polar surface area (TPSA) is 71.4 Å². The molecular formula is C24H24ClN3O2. The Hall–Kier alpha value is -2.79. The zero-order chi connectivity index (χ0) is 21.4. The molecule has 2 aromatic rings.